The first-order valence-corrected chi connectivity index (χ1v) is 13.1. The van der Waals surface area contributed by atoms with E-state index in [0.717, 1.165) is 36.7 Å². The molecule has 3 saturated heterocycles. The number of piperidine rings is 2. The van der Waals surface area contributed by atoms with Crippen molar-refractivity contribution in [2.24, 2.45) is 17.8 Å². The first-order chi connectivity index (χ1) is 14.1. The van der Waals surface area contributed by atoms with Crippen molar-refractivity contribution in [3.05, 3.63) is 23.8 Å². The van der Waals surface area contributed by atoms with Crippen LogP contribution in [0.4, 0.5) is 5.69 Å². The van der Waals surface area contributed by atoms with E-state index in [0.29, 0.717) is 29.5 Å². The predicted octanol–water partition coefficient (Wildman–Crippen LogP) is 2.08. The molecule has 0 radical (unpaired) electrons. The highest BCUT2D eigenvalue weighted by molar-refractivity contribution is 7.87. The van der Waals surface area contributed by atoms with Gasteiger partial charge in [-0.2, -0.15) is 16.8 Å². The molecule has 5 aliphatic rings. The number of nitrogens with zero attached hydrogens (tertiary/aromatic N) is 2. The summed E-state index contributed by atoms with van der Waals surface area (Å²) in [5.41, 5.74) is 0.995. The van der Waals surface area contributed by atoms with Gasteiger partial charge in [0.2, 0.25) is 0 Å². The van der Waals surface area contributed by atoms with Crippen LogP contribution in [0.3, 0.4) is 0 Å². The van der Waals surface area contributed by atoms with Crippen LogP contribution in [0.25, 0.3) is 0 Å². The Kier molecular flexibility index (Phi) is 4.64. The molecule has 2 N–H and O–H groups in total. The van der Waals surface area contributed by atoms with Crippen LogP contribution in [0, 0.1) is 17.8 Å². The highest BCUT2D eigenvalue weighted by atomic mass is 32.3. The van der Waals surface area contributed by atoms with Gasteiger partial charge in [-0.05, 0) is 67.3 Å². The van der Waals surface area contributed by atoms with Crippen molar-refractivity contribution in [1.82, 2.24) is 4.90 Å². The van der Waals surface area contributed by atoms with Crippen LogP contribution in [-0.2, 0) is 20.7 Å². The summed E-state index contributed by atoms with van der Waals surface area (Å²) >= 11 is 0. The molecule has 1 aromatic carbocycles. The summed E-state index contributed by atoms with van der Waals surface area (Å²) in [6.45, 7) is 4.04. The van der Waals surface area contributed by atoms with Gasteiger partial charge in [-0.3, -0.25) is 14.0 Å². The van der Waals surface area contributed by atoms with Crippen molar-refractivity contribution in [3.63, 3.8) is 0 Å². The van der Waals surface area contributed by atoms with Crippen LogP contribution in [0.5, 0.6) is 5.75 Å². The van der Waals surface area contributed by atoms with E-state index < -0.39 is 26.7 Å². The molecule has 4 bridgehead atoms. The largest absolute Gasteiger partial charge is 0.446 e. The van der Waals surface area contributed by atoms with Crippen LogP contribution >= 0.6 is 0 Å². The molecule has 0 aromatic heterocycles. The van der Waals surface area contributed by atoms with Crippen molar-refractivity contribution in [1.29, 1.82) is 0 Å². The van der Waals surface area contributed by atoms with E-state index in [1.807, 2.05) is 0 Å². The zero-order valence-electron chi connectivity index (χ0n) is 16.6. The summed E-state index contributed by atoms with van der Waals surface area (Å²) in [5, 5.41) is 0. The van der Waals surface area contributed by atoms with E-state index in [2.05, 4.69) is 16.0 Å². The van der Waals surface area contributed by atoms with E-state index in [1.165, 1.54) is 18.2 Å². The molecule has 1 aromatic rings. The number of anilines is 1. The van der Waals surface area contributed by atoms with Gasteiger partial charge in [0.1, 0.15) is 5.75 Å². The zero-order chi connectivity index (χ0) is 21.4. The molecule has 4 fully saturated rings. The maximum atomic E-state index is 12.5. The fraction of sp³-hybridized carbons (Fsp3) is 0.684. The highest BCUT2D eigenvalue weighted by Gasteiger charge is 2.57. The molecular formula is C19H26N2O7S2. The molecule has 6 rings (SSSR count). The lowest BCUT2D eigenvalue weighted by Crippen LogP contribution is -2.61. The summed E-state index contributed by atoms with van der Waals surface area (Å²) in [5.74, 6) is 0.863. The summed E-state index contributed by atoms with van der Waals surface area (Å²) in [4.78, 5) is 2.50. The van der Waals surface area contributed by atoms with E-state index >= 15 is 0 Å². The van der Waals surface area contributed by atoms with Gasteiger partial charge in [0, 0.05) is 18.5 Å². The molecule has 11 heteroatoms. The number of hydrogen-bond donors (Lipinski definition) is 2. The van der Waals surface area contributed by atoms with E-state index in [4.69, 9.17) is 4.55 Å². The van der Waals surface area contributed by atoms with Crippen molar-refractivity contribution in [2.75, 3.05) is 17.4 Å². The lowest BCUT2D eigenvalue weighted by Gasteiger charge is -2.55. The van der Waals surface area contributed by atoms with Gasteiger partial charge in [-0.1, -0.05) is 13.3 Å². The Bertz CT molecular complexity index is 1070. The van der Waals surface area contributed by atoms with Crippen LogP contribution < -0.4 is 8.49 Å². The maximum absolute atomic E-state index is 12.5. The predicted molar refractivity (Wildman–Crippen MR) is 109 cm³/mol. The third kappa shape index (κ3) is 3.22. The van der Waals surface area contributed by atoms with E-state index in [1.54, 1.807) is 0 Å². The minimum Gasteiger partial charge on any atom is -0.362 e. The Morgan fingerprint density at radius 2 is 1.90 bits per heavy atom. The van der Waals surface area contributed by atoms with Gasteiger partial charge in [0.05, 0.1) is 11.7 Å². The number of fused-ring (bicyclic) bond motifs is 4. The van der Waals surface area contributed by atoms with E-state index in [-0.39, 0.29) is 23.6 Å². The number of benzene rings is 1. The van der Waals surface area contributed by atoms with Crippen molar-refractivity contribution in [3.8, 4) is 5.75 Å². The van der Waals surface area contributed by atoms with Crippen molar-refractivity contribution < 1.29 is 30.1 Å². The van der Waals surface area contributed by atoms with Gasteiger partial charge in [-0.25, -0.2) is 4.31 Å². The molecule has 7 atom stereocenters. The Labute approximate surface area is 176 Å². The van der Waals surface area contributed by atoms with Crippen LogP contribution in [0.2, 0.25) is 0 Å². The van der Waals surface area contributed by atoms with Gasteiger partial charge in [-0.15, -0.1) is 0 Å². The molecule has 3 unspecified atom stereocenters. The topological polar surface area (TPSA) is 124 Å². The Hall–Kier alpha value is -1.40. The van der Waals surface area contributed by atoms with Gasteiger partial charge in [0.25, 0.3) is 0 Å². The Morgan fingerprint density at radius 3 is 2.57 bits per heavy atom. The standard InChI is InChI=1S/C19H26N2O7S2/c1-2-12-7-11-8-16-18(12)20(10-11)6-5-14-15-9-13(28-30(25,26)27)3-4-17(15)21(19(14)16)29(22,23)24/h3-4,9,11-12,14,16,18-19H,2,5-8,10H2,1H3,(H,22,23,24)(H,25,26,27)/t11-,12+,14?,16-,18+,19?/m1/s1. The monoisotopic (exact) mass is 458 g/mol. The normalized spacial score (nSPS) is 37.4. The average Bonchev–Trinajstić information content (AvgIpc) is 2.93. The average molecular weight is 459 g/mol. The first-order valence-electron chi connectivity index (χ1n) is 10.4. The van der Waals surface area contributed by atoms with Crippen molar-refractivity contribution >= 4 is 26.4 Å². The zero-order valence-corrected chi connectivity index (χ0v) is 18.2. The molecule has 0 spiro atoms. The molecule has 0 amide bonds. The molecule has 30 heavy (non-hydrogen) atoms. The van der Waals surface area contributed by atoms with Crippen LogP contribution in [0.15, 0.2) is 18.2 Å². The fourth-order valence-electron chi connectivity index (χ4n) is 6.79. The number of hydrogen-bond acceptors (Lipinski definition) is 6. The minimum absolute atomic E-state index is 0.0762. The highest BCUT2D eigenvalue weighted by Crippen LogP contribution is 2.56. The molecule has 1 saturated carbocycles. The third-order valence-electron chi connectivity index (χ3n) is 7.54. The van der Waals surface area contributed by atoms with Crippen LogP contribution in [-0.4, -0.2) is 56.0 Å². The molecule has 4 heterocycles. The molecule has 1 aliphatic carbocycles. The summed E-state index contributed by atoms with van der Waals surface area (Å²) in [6, 6.07) is 4.09. The first kappa shape index (κ1) is 20.5. The summed E-state index contributed by atoms with van der Waals surface area (Å²) in [6.07, 6.45) is 3.83. The molecule has 9 nitrogen and oxygen atoms in total. The fourth-order valence-corrected chi connectivity index (χ4v) is 8.16. The van der Waals surface area contributed by atoms with E-state index in [9.17, 15) is 21.4 Å². The second-order valence-corrected chi connectivity index (χ2v) is 11.4. The van der Waals surface area contributed by atoms with Crippen molar-refractivity contribution in [2.45, 2.75) is 50.6 Å². The molecular weight excluding hydrogens is 432 g/mol. The minimum atomic E-state index is -4.69. The summed E-state index contributed by atoms with van der Waals surface area (Å²) < 4.78 is 72.2. The Morgan fingerprint density at radius 1 is 1.13 bits per heavy atom. The number of rotatable bonds is 4. The van der Waals surface area contributed by atoms with Crippen LogP contribution in [0.1, 0.15) is 44.1 Å². The van der Waals surface area contributed by atoms with Gasteiger partial charge < -0.3 is 4.18 Å². The third-order valence-corrected chi connectivity index (χ3v) is 8.88. The Balaban J connectivity index is 1.63. The lowest BCUT2D eigenvalue weighted by atomic mass is 9.63. The SMILES string of the molecule is CC[C@H]1C[C@@H]2C[C@H]3C4C(CCN(C2)[C@@H]13)c1cc(OS(=O)(=O)O)ccc1N4S(=O)(=O)O. The second kappa shape index (κ2) is 6.80. The maximum Gasteiger partial charge on any atom is 0.446 e. The quantitative estimate of drug-likeness (QED) is 0.657. The van der Waals surface area contributed by atoms with Gasteiger partial charge >= 0.3 is 20.7 Å². The summed E-state index contributed by atoms with van der Waals surface area (Å²) in [7, 11) is -9.22. The molecule has 166 valence electrons. The second-order valence-electron chi connectivity index (χ2n) is 9.05. The lowest BCUT2D eigenvalue weighted by molar-refractivity contribution is -0.0396. The van der Waals surface area contributed by atoms with Gasteiger partial charge in [0.15, 0.2) is 0 Å². The smallest absolute Gasteiger partial charge is 0.362 e. The molecule has 4 aliphatic heterocycles.